The van der Waals surface area contributed by atoms with E-state index in [0.29, 0.717) is 0 Å². The Morgan fingerprint density at radius 3 is 2.73 bits per heavy atom. The van der Waals surface area contributed by atoms with Gasteiger partial charge in [-0.25, -0.2) is 0 Å². The van der Waals surface area contributed by atoms with Crippen molar-refractivity contribution in [3.8, 4) is 0 Å². The largest absolute Gasteiger partial charge is 0.342 e. The van der Waals surface area contributed by atoms with Crippen LogP contribution in [-0.2, 0) is 11.2 Å². The molecule has 4 rings (SSSR count). The van der Waals surface area contributed by atoms with Gasteiger partial charge in [-0.15, -0.1) is 0 Å². The molecule has 1 saturated carbocycles. The monoisotopic (exact) mass is 360 g/mol. The van der Waals surface area contributed by atoms with Crippen molar-refractivity contribution < 1.29 is 4.79 Å². The van der Waals surface area contributed by atoms with Crippen LogP contribution < -0.4 is 11.1 Å². The van der Waals surface area contributed by atoms with Crippen LogP contribution in [0, 0.1) is 11.3 Å². The number of nitrogens with zero attached hydrogens (tertiary/aromatic N) is 2. The summed E-state index contributed by atoms with van der Waals surface area (Å²) in [6.45, 7) is 5.05. The number of hydrogen-bond donors (Lipinski definition) is 2. The number of H-pyrrole nitrogens is 2. The first kappa shape index (κ1) is 17.5. The molecule has 1 spiro atoms. The van der Waals surface area contributed by atoms with Gasteiger partial charge in [0.1, 0.15) is 0 Å². The summed E-state index contributed by atoms with van der Waals surface area (Å²) in [5.74, 6) is 0.835. The number of amides is 1. The van der Waals surface area contributed by atoms with Gasteiger partial charge in [0.15, 0.2) is 0 Å². The maximum Gasteiger partial charge on any atom is 0.266 e. The van der Waals surface area contributed by atoms with Gasteiger partial charge in [0.25, 0.3) is 11.1 Å². The molecule has 2 aliphatic heterocycles. The highest BCUT2D eigenvalue weighted by Crippen LogP contribution is 2.40. The maximum atomic E-state index is 12.7. The fraction of sp³-hybridized carbons (Fsp3) is 0.737. The molecular weight excluding hydrogens is 332 g/mol. The molecular formula is C19H28N4O3. The number of hydrogen-bond acceptors (Lipinski definition) is 4. The smallest absolute Gasteiger partial charge is 0.266 e. The van der Waals surface area contributed by atoms with E-state index in [1.807, 2.05) is 4.90 Å². The van der Waals surface area contributed by atoms with Crippen molar-refractivity contribution in [3.63, 3.8) is 0 Å². The Bertz CT molecular complexity index is 781. The Hall–Kier alpha value is -1.89. The Labute approximate surface area is 152 Å². The lowest BCUT2D eigenvalue weighted by atomic mass is 9.78. The molecule has 0 radical (unpaired) electrons. The van der Waals surface area contributed by atoms with Crippen molar-refractivity contribution in [3.05, 3.63) is 32.3 Å². The van der Waals surface area contributed by atoms with Gasteiger partial charge in [-0.3, -0.25) is 24.6 Å². The van der Waals surface area contributed by atoms with E-state index in [4.69, 9.17) is 0 Å². The highest BCUT2D eigenvalue weighted by molar-refractivity contribution is 5.79. The summed E-state index contributed by atoms with van der Waals surface area (Å²) in [4.78, 5) is 40.4. The number of carbonyl (C=O) groups is 1. The van der Waals surface area contributed by atoms with Gasteiger partial charge >= 0.3 is 0 Å². The third kappa shape index (κ3) is 3.63. The summed E-state index contributed by atoms with van der Waals surface area (Å²) in [6.07, 6.45) is 7.57. The van der Waals surface area contributed by atoms with Crippen LogP contribution in [0.3, 0.4) is 0 Å². The van der Waals surface area contributed by atoms with Crippen molar-refractivity contribution in [2.75, 3.05) is 32.7 Å². The quantitative estimate of drug-likeness (QED) is 0.828. The van der Waals surface area contributed by atoms with Crippen molar-refractivity contribution in [2.24, 2.45) is 11.3 Å². The van der Waals surface area contributed by atoms with E-state index in [1.165, 1.54) is 51.3 Å². The van der Waals surface area contributed by atoms with Gasteiger partial charge in [0, 0.05) is 43.2 Å². The number of likely N-dealkylation sites (tertiary alicyclic amines) is 2. The van der Waals surface area contributed by atoms with Crippen molar-refractivity contribution in [1.29, 1.82) is 0 Å². The van der Waals surface area contributed by atoms with Crippen molar-refractivity contribution >= 4 is 5.91 Å². The molecule has 0 aromatic carbocycles. The van der Waals surface area contributed by atoms with Gasteiger partial charge in [-0.1, -0.05) is 6.42 Å². The average Bonchev–Trinajstić information content (AvgIpc) is 2.98. The number of carbonyl (C=O) groups excluding carboxylic acids is 1. The first-order valence-corrected chi connectivity index (χ1v) is 9.84. The highest BCUT2D eigenvalue weighted by atomic mass is 16.2. The number of aromatic amines is 2. The molecule has 1 aromatic heterocycles. The molecule has 3 heterocycles. The van der Waals surface area contributed by atoms with Gasteiger partial charge < -0.3 is 9.80 Å². The van der Waals surface area contributed by atoms with Crippen LogP contribution in [0.1, 0.15) is 44.1 Å². The second-order valence-electron chi connectivity index (χ2n) is 8.49. The second kappa shape index (κ2) is 7.02. The first-order valence-electron chi connectivity index (χ1n) is 9.84. The molecule has 1 amide bonds. The van der Waals surface area contributed by atoms with E-state index in [1.54, 1.807) is 0 Å². The highest BCUT2D eigenvalue weighted by Gasteiger charge is 2.43. The maximum absolute atomic E-state index is 12.7. The predicted octanol–water partition coefficient (Wildman–Crippen LogP) is 0.720. The minimum atomic E-state index is -0.392. The Morgan fingerprint density at radius 2 is 1.96 bits per heavy atom. The Balaban J connectivity index is 1.37. The number of aromatic nitrogens is 2. The SMILES string of the molecule is O=C(Cc1cc(=O)[nH][nH]c1=O)N1CC[C@@]2(CCCN(CC3CCC3)C2)C1. The molecule has 1 atom stereocenters. The average molecular weight is 360 g/mol. The van der Waals surface area contributed by atoms with E-state index in [9.17, 15) is 14.4 Å². The minimum absolute atomic E-state index is 0.00111. The molecule has 0 bridgehead atoms. The number of nitrogens with one attached hydrogen (secondary N) is 2. The van der Waals surface area contributed by atoms with Gasteiger partial charge in [0.05, 0.1) is 6.42 Å². The first-order chi connectivity index (χ1) is 12.5. The number of piperidine rings is 1. The molecule has 26 heavy (non-hydrogen) atoms. The molecule has 1 aromatic rings. The summed E-state index contributed by atoms with van der Waals surface area (Å²) in [6, 6.07) is 1.23. The van der Waals surface area contributed by atoms with Gasteiger partial charge in [0.2, 0.25) is 5.91 Å². The van der Waals surface area contributed by atoms with Crippen LogP contribution in [0.4, 0.5) is 0 Å². The van der Waals surface area contributed by atoms with E-state index in [2.05, 4.69) is 15.1 Å². The fourth-order valence-electron chi connectivity index (χ4n) is 4.85. The van der Waals surface area contributed by atoms with Crippen LogP contribution in [0.15, 0.2) is 15.7 Å². The topological polar surface area (TPSA) is 89.3 Å². The molecule has 2 saturated heterocycles. The zero-order valence-electron chi connectivity index (χ0n) is 15.3. The zero-order chi connectivity index (χ0) is 18.1. The van der Waals surface area contributed by atoms with E-state index < -0.39 is 5.56 Å². The Kier molecular flexibility index (Phi) is 4.73. The van der Waals surface area contributed by atoms with Crippen LogP contribution >= 0.6 is 0 Å². The summed E-state index contributed by atoms with van der Waals surface area (Å²) < 4.78 is 0. The second-order valence-corrected chi connectivity index (χ2v) is 8.49. The Morgan fingerprint density at radius 1 is 1.12 bits per heavy atom. The van der Waals surface area contributed by atoms with E-state index in [-0.39, 0.29) is 28.9 Å². The van der Waals surface area contributed by atoms with E-state index >= 15 is 0 Å². The van der Waals surface area contributed by atoms with Gasteiger partial charge in [-0.05, 0) is 44.6 Å². The summed E-state index contributed by atoms with van der Waals surface area (Å²) >= 11 is 0. The summed E-state index contributed by atoms with van der Waals surface area (Å²) in [5, 5.41) is 4.52. The molecule has 0 unspecified atom stereocenters. The normalized spacial score (nSPS) is 27.0. The lowest BCUT2D eigenvalue weighted by Crippen LogP contribution is -2.47. The summed E-state index contributed by atoms with van der Waals surface area (Å²) in [7, 11) is 0. The van der Waals surface area contributed by atoms with Crippen LogP contribution in [-0.4, -0.2) is 58.6 Å². The van der Waals surface area contributed by atoms with Crippen LogP contribution in [0.2, 0.25) is 0 Å². The standard InChI is InChI=1S/C19H28N4O3/c24-16-9-15(18(26)21-20-16)10-17(25)23-8-6-19(13-23)5-2-7-22(12-19)11-14-3-1-4-14/h9,14H,1-8,10-13H2,(H,20,24)(H,21,26)/t19-/m1/s1. The van der Waals surface area contributed by atoms with Crippen LogP contribution in [0.5, 0.6) is 0 Å². The van der Waals surface area contributed by atoms with Gasteiger partial charge in [-0.2, -0.15) is 0 Å². The minimum Gasteiger partial charge on any atom is -0.342 e. The fourth-order valence-corrected chi connectivity index (χ4v) is 4.85. The zero-order valence-corrected chi connectivity index (χ0v) is 15.3. The predicted molar refractivity (Wildman–Crippen MR) is 98.0 cm³/mol. The van der Waals surface area contributed by atoms with Crippen LogP contribution in [0.25, 0.3) is 0 Å². The molecule has 7 nitrogen and oxygen atoms in total. The third-order valence-electron chi connectivity index (χ3n) is 6.51. The van der Waals surface area contributed by atoms with Crippen molar-refractivity contribution in [2.45, 2.75) is 44.9 Å². The summed E-state index contributed by atoms with van der Waals surface area (Å²) in [5.41, 5.74) is -0.312. The third-order valence-corrected chi connectivity index (χ3v) is 6.51. The molecule has 142 valence electrons. The molecule has 2 N–H and O–H groups in total. The molecule has 3 fully saturated rings. The van der Waals surface area contributed by atoms with Crippen molar-refractivity contribution in [1.82, 2.24) is 20.0 Å². The number of rotatable bonds is 4. The lowest BCUT2D eigenvalue weighted by molar-refractivity contribution is -0.130. The lowest BCUT2D eigenvalue weighted by Gasteiger charge is -2.43. The molecule has 7 heteroatoms. The van der Waals surface area contributed by atoms with E-state index in [0.717, 1.165) is 32.0 Å². The molecule has 3 aliphatic rings. The molecule has 1 aliphatic carbocycles.